The topological polar surface area (TPSA) is 12.0 Å². The van der Waals surface area contributed by atoms with Gasteiger partial charge in [-0.3, -0.25) is 0 Å². The molecule has 0 saturated heterocycles. The van der Waals surface area contributed by atoms with Gasteiger partial charge in [0.15, 0.2) is 0 Å². The molecule has 16 heavy (non-hydrogen) atoms. The summed E-state index contributed by atoms with van der Waals surface area (Å²) in [5.41, 5.74) is 0.667. The number of rotatable bonds is 4. The highest BCUT2D eigenvalue weighted by molar-refractivity contribution is 4.87. The van der Waals surface area contributed by atoms with Gasteiger partial charge in [0, 0.05) is 12.6 Å². The van der Waals surface area contributed by atoms with E-state index in [1.54, 1.807) is 0 Å². The van der Waals surface area contributed by atoms with Crippen LogP contribution in [0.3, 0.4) is 0 Å². The van der Waals surface area contributed by atoms with Crippen LogP contribution in [0, 0.1) is 11.3 Å². The molecular weight excluding hydrogens is 194 g/mol. The van der Waals surface area contributed by atoms with E-state index in [2.05, 4.69) is 19.2 Å². The molecule has 0 spiro atoms. The maximum Gasteiger partial charge on any atom is 0.00698 e. The van der Waals surface area contributed by atoms with Crippen molar-refractivity contribution in [3.8, 4) is 0 Å². The minimum absolute atomic E-state index is 0.667. The summed E-state index contributed by atoms with van der Waals surface area (Å²) in [5, 5.41) is 3.89. The Hall–Kier alpha value is -0.0400. The SMILES string of the molecule is CCC1(CNC2CCCC(C)C2)CCCC1. The molecule has 0 aromatic heterocycles. The van der Waals surface area contributed by atoms with Crippen LogP contribution in [0.2, 0.25) is 0 Å². The average molecular weight is 223 g/mol. The van der Waals surface area contributed by atoms with Crippen LogP contribution < -0.4 is 5.32 Å². The van der Waals surface area contributed by atoms with Gasteiger partial charge in [0.25, 0.3) is 0 Å². The Bertz CT molecular complexity index is 205. The monoisotopic (exact) mass is 223 g/mol. The fourth-order valence-electron chi connectivity index (χ4n) is 3.76. The van der Waals surface area contributed by atoms with Crippen LogP contribution in [0.4, 0.5) is 0 Å². The summed E-state index contributed by atoms with van der Waals surface area (Å²) in [6.45, 7) is 6.09. The van der Waals surface area contributed by atoms with Crippen LogP contribution in [0.1, 0.15) is 71.6 Å². The summed E-state index contributed by atoms with van der Waals surface area (Å²) in [4.78, 5) is 0. The highest BCUT2D eigenvalue weighted by Crippen LogP contribution is 2.40. The fraction of sp³-hybridized carbons (Fsp3) is 1.00. The van der Waals surface area contributed by atoms with E-state index in [9.17, 15) is 0 Å². The molecule has 0 aromatic carbocycles. The Morgan fingerprint density at radius 2 is 1.88 bits per heavy atom. The molecule has 2 aliphatic carbocycles. The quantitative estimate of drug-likeness (QED) is 0.756. The Balaban J connectivity index is 1.77. The van der Waals surface area contributed by atoms with Crippen molar-refractivity contribution in [1.82, 2.24) is 5.32 Å². The summed E-state index contributed by atoms with van der Waals surface area (Å²) in [5.74, 6) is 0.951. The largest absolute Gasteiger partial charge is 0.313 e. The lowest BCUT2D eigenvalue weighted by Gasteiger charge is -2.33. The summed E-state index contributed by atoms with van der Waals surface area (Å²) in [7, 11) is 0. The third-order valence-corrected chi connectivity index (χ3v) is 5.12. The second-order valence-corrected chi connectivity index (χ2v) is 6.41. The van der Waals surface area contributed by atoms with Crippen molar-refractivity contribution >= 4 is 0 Å². The first kappa shape index (κ1) is 12.4. The lowest BCUT2D eigenvalue weighted by molar-refractivity contribution is 0.225. The van der Waals surface area contributed by atoms with E-state index in [0.717, 1.165) is 12.0 Å². The van der Waals surface area contributed by atoms with E-state index < -0.39 is 0 Å². The molecule has 2 rings (SSSR count). The first-order valence-corrected chi connectivity index (χ1v) is 7.47. The Morgan fingerprint density at radius 3 is 2.50 bits per heavy atom. The summed E-state index contributed by atoms with van der Waals surface area (Å²) in [6.07, 6.45) is 13.0. The summed E-state index contributed by atoms with van der Waals surface area (Å²) < 4.78 is 0. The third-order valence-electron chi connectivity index (χ3n) is 5.12. The fourth-order valence-corrected chi connectivity index (χ4v) is 3.76. The van der Waals surface area contributed by atoms with Crippen LogP contribution in [-0.4, -0.2) is 12.6 Å². The van der Waals surface area contributed by atoms with Crippen molar-refractivity contribution < 1.29 is 0 Å². The van der Waals surface area contributed by atoms with Crippen molar-refractivity contribution in [2.45, 2.75) is 77.7 Å². The first-order chi connectivity index (χ1) is 7.74. The minimum atomic E-state index is 0.667. The van der Waals surface area contributed by atoms with Crippen molar-refractivity contribution in [3.63, 3.8) is 0 Å². The van der Waals surface area contributed by atoms with Gasteiger partial charge in [-0.15, -0.1) is 0 Å². The van der Waals surface area contributed by atoms with Crippen LogP contribution in [-0.2, 0) is 0 Å². The Kier molecular flexibility index (Phi) is 4.29. The molecule has 2 aliphatic rings. The molecule has 0 heterocycles. The first-order valence-electron chi connectivity index (χ1n) is 7.47. The zero-order chi connectivity index (χ0) is 11.4. The lowest BCUT2D eigenvalue weighted by atomic mass is 9.82. The van der Waals surface area contributed by atoms with E-state index in [4.69, 9.17) is 0 Å². The molecule has 1 N–H and O–H groups in total. The van der Waals surface area contributed by atoms with E-state index in [1.807, 2.05) is 0 Å². The average Bonchev–Trinajstić information content (AvgIpc) is 2.76. The van der Waals surface area contributed by atoms with Crippen molar-refractivity contribution in [2.75, 3.05) is 6.54 Å². The zero-order valence-corrected chi connectivity index (χ0v) is 11.2. The maximum absolute atomic E-state index is 3.89. The molecule has 0 bridgehead atoms. The summed E-state index contributed by atoms with van der Waals surface area (Å²) >= 11 is 0. The molecule has 0 aromatic rings. The molecule has 2 saturated carbocycles. The highest BCUT2D eigenvalue weighted by atomic mass is 14.9. The number of nitrogens with one attached hydrogen (secondary N) is 1. The standard InChI is InChI=1S/C15H29N/c1-3-15(9-4-5-10-15)12-16-14-8-6-7-13(2)11-14/h13-14,16H,3-12H2,1-2H3. The van der Waals surface area contributed by atoms with Gasteiger partial charge < -0.3 is 5.32 Å². The molecule has 2 fully saturated rings. The van der Waals surface area contributed by atoms with E-state index in [-0.39, 0.29) is 0 Å². The summed E-state index contributed by atoms with van der Waals surface area (Å²) in [6, 6.07) is 0.827. The van der Waals surface area contributed by atoms with Gasteiger partial charge in [-0.1, -0.05) is 39.5 Å². The number of hydrogen-bond acceptors (Lipinski definition) is 1. The molecule has 1 heteroatoms. The van der Waals surface area contributed by atoms with Gasteiger partial charge in [-0.2, -0.15) is 0 Å². The van der Waals surface area contributed by atoms with E-state index >= 15 is 0 Å². The van der Waals surface area contributed by atoms with E-state index in [0.29, 0.717) is 5.41 Å². The molecule has 1 nitrogen and oxygen atoms in total. The molecule has 2 atom stereocenters. The minimum Gasteiger partial charge on any atom is -0.313 e. The predicted octanol–water partition coefficient (Wildman–Crippen LogP) is 4.13. The third kappa shape index (κ3) is 3.00. The Morgan fingerprint density at radius 1 is 1.12 bits per heavy atom. The molecule has 94 valence electrons. The molecule has 0 radical (unpaired) electrons. The van der Waals surface area contributed by atoms with Crippen LogP contribution in [0.25, 0.3) is 0 Å². The van der Waals surface area contributed by atoms with Crippen molar-refractivity contribution in [3.05, 3.63) is 0 Å². The normalized spacial score (nSPS) is 34.1. The van der Waals surface area contributed by atoms with Gasteiger partial charge in [0.1, 0.15) is 0 Å². The Labute approximate surface area is 101 Å². The van der Waals surface area contributed by atoms with Gasteiger partial charge in [0.05, 0.1) is 0 Å². The van der Waals surface area contributed by atoms with Crippen LogP contribution in [0.5, 0.6) is 0 Å². The second kappa shape index (κ2) is 5.53. The predicted molar refractivity (Wildman–Crippen MR) is 70.6 cm³/mol. The maximum atomic E-state index is 3.89. The van der Waals surface area contributed by atoms with Gasteiger partial charge in [-0.05, 0) is 43.4 Å². The molecule has 2 unspecified atom stereocenters. The molecule has 0 amide bonds. The van der Waals surface area contributed by atoms with Gasteiger partial charge in [0.2, 0.25) is 0 Å². The van der Waals surface area contributed by atoms with Crippen LogP contribution >= 0.6 is 0 Å². The lowest BCUT2D eigenvalue weighted by Crippen LogP contribution is -2.40. The smallest absolute Gasteiger partial charge is 0.00698 e. The van der Waals surface area contributed by atoms with Crippen LogP contribution in [0.15, 0.2) is 0 Å². The highest BCUT2D eigenvalue weighted by Gasteiger charge is 2.32. The van der Waals surface area contributed by atoms with Crippen molar-refractivity contribution in [1.29, 1.82) is 0 Å². The second-order valence-electron chi connectivity index (χ2n) is 6.41. The van der Waals surface area contributed by atoms with Gasteiger partial charge in [-0.25, -0.2) is 0 Å². The van der Waals surface area contributed by atoms with Gasteiger partial charge >= 0.3 is 0 Å². The molecular formula is C15H29N. The number of hydrogen-bond donors (Lipinski definition) is 1. The molecule has 0 aliphatic heterocycles. The zero-order valence-electron chi connectivity index (χ0n) is 11.2. The van der Waals surface area contributed by atoms with E-state index in [1.165, 1.54) is 64.3 Å². The van der Waals surface area contributed by atoms with Crippen molar-refractivity contribution in [2.24, 2.45) is 11.3 Å².